The normalized spacial score (nSPS) is 17.8. The van der Waals surface area contributed by atoms with Gasteiger partial charge in [0.1, 0.15) is 5.00 Å². The zero-order valence-corrected chi connectivity index (χ0v) is 18.5. The van der Waals surface area contributed by atoms with Gasteiger partial charge in [0.25, 0.3) is 0 Å². The molecule has 2 aromatic heterocycles. The number of fused-ring (bicyclic) bond motifs is 5. The number of benzene rings is 1. The number of carbonyl (C=O) groups is 1. The molecule has 156 valence electrons. The van der Waals surface area contributed by atoms with Gasteiger partial charge in [0.15, 0.2) is 0 Å². The van der Waals surface area contributed by atoms with E-state index in [0.29, 0.717) is 19.0 Å². The number of rotatable bonds is 3. The third-order valence-corrected chi connectivity index (χ3v) is 7.74. The van der Waals surface area contributed by atoms with Gasteiger partial charge in [-0.2, -0.15) is 0 Å². The first kappa shape index (κ1) is 19.4. The second-order valence-electron chi connectivity index (χ2n) is 8.76. The Labute approximate surface area is 182 Å². The SMILES string of the molecule is CC(C)[C@@H]1c2cccn2-c2sc3c(c2CN1C(=O)NCc1ccccc1)CCCC3. The van der Waals surface area contributed by atoms with Crippen LogP contribution >= 0.6 is 11.3 Å². The van der Waals surface area contributed by atoms with Gasteiger partial charge in [-0.25, -0.2) is 4.79 Å². The minimum Gasteiger partial charge on any atom is -0.334 e. The van der Waals surface area contributed by atoms with Crippen molar-refractivity contribution in [3.05, 3.63) is 75.9 Å². The number of carbonyl (C=O) groups excluding carboxylic acids is 1. The molecule has 1 aromatic carbocycles. The summed E-state index contributed by atoms with van der Waals surface area (Å²) in [6.07, 6.45) is 7.03. The maximum absolute atomic E-state index is 13.5. The monoisotopic (exact) mass is 419 g/mol. The van der Waals surface area contributed by atoms with Gasteiger partial charge in [-0.1, -0.05) is 44.2 Å². The minimum absolute atomic E-state index is 0.0221. The number of aromatic nitrogens is 1. The van der Waals surface area contributed by atoms with Gasteiger partial charge >= 0.3 is 6.03 Å². The van der Waals surface area contributed by atoms with Crippen molar-refractivity contribution in [3.8, 4) is 5.00 Å². The van der Waals surface area contributed by atoms with Crippen LogP contribution < -0.4 is 5.32 Å². The standard InChI is InChI=1S/C25H29N3OS/c1-17(2)23-21-12-8-14-27(21)24-20(19-11-6-7-13-22(19)30-24)16-28(23)25(29)26-15-18-9-4-3-5-10-18/h3-5,8-10,12,14,17,23H,6-7,11,13,15-16H2,1-2H3,(H,26,29)/t23-/m1/s1. The molecule has 0 bridgehead atoms. The summed E-state index contributed by atoms with van der Waals surface area (Å²) in [6.45, 7) is 5.67. The molecule has 3 aromatic rings. The Morgan fingerprint density at radius 1 is 1.10 bits per heavy atom. The number of hydrogen-bond acceptors (Lipinski definition) is 2. The van der Waals surface area contributed by atoms with Gasteiger partial charge in [-0.15, -0.1) is 11.3 Å². The molecule has 0 fully saturated rings. The number of hydrogen-bond donors (Lipinski definition) is 1. The zero-order valence-electron chi connectivity index (χ0n) is 17.7. The topological polar surface area (TPSA) is 37.3 Å². The first-order chi connectivity index (χ1) is 14.6. The van der Waals surface area contributed by atoms with Gasteiger partial charge in [-0.3, -0.25) is 0 Å². The van der Waals surface area contributed by atoms with Gasteiger partial charge in [0.05, 0.1) is 12.6 Å². The van der Waals surface area contributed by atoms with Crippen LogP contribution in [0.5, 0.6) is 0 Å². The van der Waals surface area contributed by atoms with E-state index >= 15 is 0 Å². The Hall–Kier alpha value is -2.53. The maximum Gasteiger partial charge on any atom is 0.318 e. The Bertz CT molecular complexity index is 1050. The summed E-state index contributed by atoms with van der Waals surface area (Å²) in [5.74, 6) is 0.325. The summed E-state index contributed by atoms with van der Waals surface area (Å²) in [5, 5.41) is 4.51. The fourth-order valence-corrected chi connectivity index (χ4v) is 6.40. The molecule has 1 N–H and O–H groups in total. The molecule has 30 heavy (non-hydrogen) atoms. The summed E-state index contributed by atoms with van der Waals surface area (Å²) in [5.41, 5.74) is 5.22. The average Bonchev–Trinajstić information content (AvgIpc) is 3.34. The predicted molar refractivity (Wildman–Crippen MR) is 122 cm³/mol. The van der Waals surface area contributed by atoms with Crippen molar-refractivity contribution >= 4 is 17.4 Å². The number of urea groups is 1. The summed E-state index contributed by atoms with van der Waals surface area (Å²) in [7, 11) is 0. The molecule has 2 amide bonds. The average molecular weight is 420 g/mol. The van der Waals surface area contributed by atoms with E-state index in [9.17, 15) is 4.79 Å². The molecular weight excluding hydrogens is 390 g/mol. The van der Waals surface area contributed by atoms with E-state index in [0.717, 1.165) is 12.0 Å². The molecule has 0 saturated carbocycles. The summed E-state index contributed by atoms with van der Waals surface area (Å²) >= 11 is 1.94. The van der Waals surface area contributed by atoms with Crippen LogP contribution in [0.25, 0.3) is 5.00 Å². The molecule has 0 spiro atoms. The quantitative estimate of drug-likeness (QED) is 0.569. The Morgan fingerprint density at radius 2 is 1.90 bits per heavy atom. The van der Waals surface area contributed by atoms with Crippen LogP contribution in [-0.2, 0) is 25.9 Å². The molecule has 2 aliphatic rings. The van der Waals surface area contributed by atoms with Crippen molar-refractivity contribution in [1.29, 1.82) is 0 Å². The number of amides is 2. The lowest BCUT2D eigenvalue weighted by Gasteiger charge is -2.33. The molecule has 4 nitrogen and oxygen atoms in total. The molecular formula is C25H29N3OS. The van der Waals surface area contributed by atoms with E-state index in [1.54, 1.807) is 0 Å². The first-order valence-corrected chi connectivity index (χ1v) is 11.8. The second kappa shape index (κ2) is 7.95. The van der Waals surface area contributed by atoms with E-state index < -0.39 is 0 Å². The fourth-order valence-electron chi connectivity index (χ4n) is 5.00. The molecule has 5 heteroatoms. The fraction of sp³-hybridized carbons (Fsp3) is 0.400. The van der Waals surface area contributed by atoms with E-state index in [-0.39, 0.29) is 12.1 Å². The van der Waals surface area contributed by atoms with Crippen molar-refractivity contribution in [2.75, 3.05) is 0 Å². The lowest BCUT2D eigenvalue weighted by Crippen LogP contribution is -2.43. The van der Waals surface area contributed by atoms with Crippen LogP contribution in [0.2, 0.25) is 0 Å². The molecule has 0 saturated heterocycles. The van der Waals surface area contributed by atoms with Crippen LogP contribution in [0.4, 0.5) is 4.79 Å². The van der Waals surface area contributed by atoms with Crippen LogP contribution in [0, 0.1) is 5.92 Å². The largest absolute Gasteiger partial charge is 0.334 e. The highest BCUT2D eigenvalue weighted by molar-refractivity contribution is 7.15. The molecule has 5 rings (SSSR count). The van der Waals surface area contributed by atoms with Crippen LogP contribution in [-0.4, -0.2) is 15.5 Å². The maximum atomic E-state index is 13.5. The Morgan fingerprint density at radius 3 is 2.70 bits per heavy atom. The number of thiophene rings is 1. The Balaban J connectivity index is 1.53. The van der Waals surface area contributed by atoms with Gasteiger partial charge in [0, 0.05) is 28.9 Å². The Kier molecular flexibility index (Phi) is 5.15. The van der Waals surface area contributed by atoms with Crippen molar-refractivity contribution < 1.29 is 4.79 Å². The van der Waals surface area contributed by atoms with E-state index in [2.05, 4.69) is 59.1 Å². The third kappa shape index (κ3) is 3.35. The van der Waals surface area contributed by atoms with Crippen LogP contribution in [0.3, 0.4) is 0 Å². The molecule has 0 radical (unpaired) electrons. The summed E-state index contributed by atoms with van der Waals surface area (Å²) in [4.78, 5) is 17.1. The predicted octanol–water partition coefficient (Wildman–Crippen LogP) is 5.84. The van der Waals surface area contributed by atoms with Crippen molar-refractivity contribution in [2.24, 2.45) is 5.92 Å². The van der Waals surface area contributed by atoms with Gasteiger partial charge < -0.3 is 14.8 Å². The van der Waals surface area contributed by atoms with Crippen LogP contribution in [0.1, 0.15) is 60.0 Å². The molecule has 1 atom stereocenters. The highest BCUT2D eigenvalue weighted by atomic mass is 32.1. The highest BCUT2D eigenvalue weighted by Gasteiger charge is 2.36. The van der Waals surface area contributed by atoms with Crippen molar-refractivity contribution in [1.82, 2.24) is 14.8 Å². The molecule has 3 heterocycles. The zero-order chi connectivity index (χ0) is 20.7. The smallest absolute Gasteiger partial charge is 0.318 e. The number of nitrogens with one attached hydrogen (secondary N) is 1. The second-order valence-corrected chi connectivity index (χ2v) is 9.84. The summed E-state index contributed by atoms with van der Waals surface area (Å²) in [6, 6.07) is 14.5. The molecule has 1 aliphatic carbocycles. The third-order valence-electron chi connectivity index (χ3n) is 6.40. The first-order valence-electron chi connectivity index (χ1n) is 11.0. The number of aryl methyl sites for hydroxylation is 1. The molecule has 1 aliphatic heterocycles. The number of nitrogens with zero attached hydrogens (tertiary/aromatic N) is 2. The van der Waals surface area contributed by atoms with Crippen LogP contribution in [0.15, 0.2) is 48.7 Å². The minimum atomic E-state index is 0.0221. The lowest BCUT2D eigenvalue weighted by molar-refractivity contribution is 0.149. The van der Waals surface area contributed by atoms with Crippen molar-refractivity contribution in [3.63, 3.8) is 0 Å². The highest BCUT2D eigenvalue weighted by Crippen LogP contribution is 2.43. The van der Waals surface area contributed by atoms with Crippen molar-refractivity contribution in [2.45, 2.75) is 58.7 Å². The van der Waals surface area contributed by atoms with Gasteiger partial charge in [-0.05, 0) is 54.9 Å². The lowest BCUT2D eigenvalue weighted by atomic mass is 9.94. The molecule has 0 unspecified atom stereocenters. The summed E-state index contributed by atoms with van der Waals surface area (Å²) < 4.78 is 2.35. The van der Waals surface area contributed by atoms with E-state index in [1.807, 2.05) is 29.5 Å². The van der Waals surface area contributed by atoms with E-state index in [1.165, 1.54) is 46.0 Å². The van der Waals surface area contributed by atoms with Gasteiger partial charge in [0.2, 0.25) is 0 Å². The van der Waals surface area contributed by atoms with E-state index in [4.69, 9.17) is 0 Å².